The highest BCUT2D eigenvalue weighted by molar-refractivity contribution is 7.90. The number of hydrogen-bond donors (Lipinski definition) is 0. The minimum atomic E-state index is -3.28. The minimum Gasteiger partial charge on any atom is -0.449 e. The van der Waals surface area contributed by atoms with E-state index in [1.165, 1.54) is 0 Å². The van der Waals surface area contributed by atoms with E-state index in [2.05, 4.69) is 0 Å². The fourth-order valence-corrected chi connectivity index (χ4v) is 1.50. The molecular formula is C11H14O4S. The summed E-state index contributed by atoms with van der Waals surface area (Å²) in [7, 11) is -3.28. The third-order valence-corrected chi connectivity index (χ3v) is 2.61. The number of esters is 1. The number of rotatable bonds is 4. The van der Waals surface area contributed by atoms with E-state index >= 15 is 0 Å². The van der Waals surface area contributed by atoms with Gasteiger partial charge in [-0.25, -0.2) is 8.42 Å². The average molecular weight is 242 g/mol. The molecule has 1 aromatic carbocycles. The Bertz CT molecular complexity index is 450. The maximum Gasteiger partial charge on any atom is 0.314 e. The first-order valence-electron chi connectivity index (χ1n) is 4.79. The smallest absolute Gasteiger partial charge is 0.314 e. The maximum atomic E-state index is 11.5. The highest BCUT2D eigenvalue weighted by Crippen LogP contribution is 2.16. The average Bonchev–Trinajstić information content (AvgIpc) is 2.25. The molecule has 1 rings (SSSR count). The number of benzene rings is 1. The van der Waals surface area contributed by atoms with Gasteiger partial charge in [0.25, 0.3) is 0 Å². The van der Waals surface area contributed by atoms with E-state index < -0.39 is 27.7 Å². The van der Waals surface area contributed by atoms with Gasteiger partial charge in [-0.15, -0.1) is 0 Å². The van der Waals surface area contributed by atoms with Gasteiger partial charge in [0.2, 0.25) is 0 Å². The van der Waals surface area contributed by atoms with Crippen LogP contribution < -0.4 is 0 Å². The minimum absolute atomic E-state index is 0.456. The van der Waals surface area contributed by atoms with Crippen LogP contribution in [0, 0.1) is 0 Å². The van der Waals surface area contributed by atoms with Gasteiger partial charge < -0.3 is 4.74 Å². The van der Waals surface area contributed by atoms with Crippen LogP contribution in [-0.4, -0.2) is 26.6 Å². The van der Waals surface area contributed by atoms with Crippen LogP contribution in [-0.2, 0) is 19.4 Å². The third-order valence-electron chi connectivity index (χ3n) is 2.07. The normalized spacial score (nSPS) is 13.1. The zero-order chi connectivity index (χ0) is 12.2. The van der Waals surface area contributed by atoms with Gasteiger partial charge in [-0.3, -0.25) is 4.79 Å². The summed E-state index contributed by atoms with van der Waals surface area (Å²) >= 11 is 0. The molecule has 4 nitrogen and oxygen atoms in total. The Hall–Kier alpha value is -1.36. The Morgan fingerprint density at radius 2 is 1.88 bits per heavy atom. The van der Waals surface area contributed by atoms with Crippen molar-refractivity contribution >= 4 is 15.8 Å². The summed E-state index contributed by atoms with van der Waals surface area (Å²) < 4.78 is 26.3. The lowest BCUT2D eigenvalue weighted by atomic mass is 10.0. The number of ether oxygens (including phenoxy) is 1. The molecule has 16 heavy (non-hydrogen) atoms. The summed E-state index contributed by atoms with van der Waals surface area (Å²) in [6, 6.07) is 9.07. The molecule has 0 aliphatic rings. The van der Waals surface area contributed by atoms with E-state index in [9.17, 15) is 13.2 Å². The van der Waals surface area contributed by atoms with Crippen molar-refractivity contribution in [3.63, 3.8) is 0 Å². The van der Waals surface area contributed by atoms with Crippen LogP contribution in [0.2, 0.25) is 0 Å². The summed E-state index contributed by atoms with van der Waals surface area (Å²) in [6.45, 7) is 1.68. The lowest BCUT2D eigenvalue weighted by Gasteiger charge is -2.10. The molecule has 0 N–H and O–H groups in total. The lowest BCUT2D eigenvalue weighted by molar-refractivity contribution is -0.143. The molecule has 0 aliphatic heterocycles. The Morgan fingerprint density at radius 1 is 1.31 bits per heavy atom. The van der Waals surface area contributed by atoms with Crippen LogP contribution >= 0.6 is 0 Å². The second-order valence-corrected chi connectivity index (χ2v) is 5.73. The summed E-state index contributed by atoms with van der Waals surface area (Å²) in [4.78, 5) is 11.5. The first-order chi connectivity index (χ1) is 7.40. The fraction of sp³-hybridized carbons (Fsp3) is 0.364. The van der Waals surface area contributed by atoms with Gasteiger partial charge in [-0.05, 0) is 12.5 Å². The molecule has 88 valence electrons. The molecule has 0 aromatic heterocycles. The van der Waals surface area contributed by atoms with Crippen LogP contribution in [0.15, 0.2) is 30.3 Å². The monoisotopic (exact) mass is 242 g/mol. The van der Waals surface area contributed by atoms with Gasteiger partial charge in [0.15, 0.2) is 15.8 Å². The van der Waals surface area contributed by atoms with Crippen LogP contribution in [0.5, 0.6) is 0 Å². The van der Waals surface area contributed by atoms with Gasteiger partial charge in [0, 0.05) is 6.26 Å². The Balaban J connectivity index is 2.62. The molecular weight excluding hydrogens is 228 g/mol. The van der Waals surface area contributed by atoms with E-state index in [0.717, 1.165) is 11.8 Å². The molecule has 0 heterocycles. The first kappa shape index (κ1) is 12.7. The van der Waals surface area contributed by atoms with Crippen molar-refractivity contribution in [1.82, 2.24) is 0 Å². The molecule has 1 aromatic rings. The van der Waals surface area contributed by atoms with Crippen molar-refractivity contribution in [3.8, 4) is 0 Å². The van der Waals surface area contributed by atoms with E-state index in [1.807, 2.05) is 18.2 Å². The second kappa shape index (κ2) is 5.12. The Kier molecular flexibility index (Phi) is 4.06. The van der Waals surface area contributed by atoms with Crippen LogP contribution in [0.25, 0.3) is 0 Å². The summed E-state index contributed by atoms with van der Waals surface area (Å²) in [5.74, 6) is -1.55. The molecule has 0 spiro atoms. The van der Waals surface area contributed by atoms with Crippen molar-refractivity contribution < 1.29 is 17.9 Å². The maximum absolute atomic E-state index is 11.5. The predicted octanol–water partition coefficient (Wildman–Crippen LogP) is 1.34. The molecule has 1 unspecified atom stereocenters. The topological polar surface area (TPSA) is 60.4 Å². The van der Waals surface area contributed by atoms with Gasteiger partial charge in [0.05, 0.1) is 5.92 Å². The van der Waals surface area contributed by atoms with Crippen molar-refractivity contribution in [2.75, 3.05) is 12.2 Å². The fourth-order valence-electron chi connectivity index (χ4n) is 1.17. The van der Waals surface area contributed by atoms with Crippen LogP contribution in [0.3, 0.4) is 0 Å². The number of carbonyl (C=O) groups is 1. The molecule has 0 amide bonds. The second-order valence-electron chi connectivity index (χ2n) is 3.64. The van der Waals surface area contributed by atoms with Crippen LogP contribution in [0.1, 0.15) is 18.4 Å². The molecule has 5 heteroatoms. The van der Waals surface area contributed by atoms with Gasteiger partial charge in [-0.1, -0.05) is 30.3 Å². The number of hydrogen-bond acceptors (Lipinski definition) is 4. The summed E-state index contributed by atoms with van der Waals surface area (Å²) in [5, 5.41) is 0. The van der Waals surface area contributed by atoms with Gasteiger partial charge in [-0.2, -0.15) is 0 Å². The molecule has 1 atom stereocenters. The van der Waals surface area contributed by atoms with E-state index in [-0.39, 0.29) is 0 Å². The summed E-state index contributed by atoms with van der Waals surface area (Å²) in [6.07, 6.45) is 1.02. The van der Waals surface area contributed by atoms with E-state index in [4.69, 9.17) is 4.74 Å². The molecule has 0 fully saturated rings. The standard InChI is InChI=1S/C11H14O4S/c1-9(10-6-4-3-5-7-10)11(12)15-8-16(2,13)14/h3-7,9H,8H2,1-2H3. The van der Waals surface area contributed by atoms with E-state index in [0.29, 0.717) is 0 Å². The molecule has 0 bridgehead atoms. The van der Waals surface area contributed by atoms with Gasteiger partial charge in [0.1, 0.15) is 0 Å². The summed E-state index contributed by atoms with van der Waals surface area (Å²) in [5.41, 5.74) is 0.806. The number of sulfone groups is 1. The Labute approximate surface area is 95.2 Å². The quantitative estimate of drug-likeness (QED) is 0.747. The van der Waals surface area contributed by atoms with Crippen LogP contribution in [0.4, 0.5) is 0 Å². The molecule has 0 saturated carbocycles. The third kappa shape index (κ3) is 4.02. The largest absolute Gasteiger partial charge is 0.449 e. The molecule has 0 saturated heterocycles. The predicted molar refractivity (Wildman–Crippen MR) is 60.7 cm³/mol. The molecule has 0 aliphatic carbocycles. The number of carbonyl (C=O) groups excluding carboxylic acids is 1. The molecule has 0 radical (unpaired) electrons. The van der Waals surface area contributed by atoms with E-state index in [1.54, 1.807) is 19.1 Å². The van der Waals surface area contributed by atoms with Gasteiger partial charge >= 0.3 is 5.97 Å². The Morgan fingerprint density at radius 3 is 2.38 bits per heavy atom. The highest BCUT2D eigenvalue weighted by atomic mass is 32.2. The zero-order valence-electron chi connectivity index (χ0n) is 9.21. The SMILES string of the molecule is CC(C(=O)OCS(C)(=O)=O)c1ccccc1. The van der Waals surface area contributed by atoms with Crippen molar-refractivity contribution in [2.24, 2.45) is 0 Å². The van der Waals surface area contributed by atoms with Crippen molar-refractivity contribution in [1.29, 1.82) is 0 Å². The first-order valence-corrected chi connectivity index (χ1v) is 6.85. The lowest BCUT2D eigenvalue weighted by Crippen LogP contribution is -2.17. The van der Waals surface area contributed by atoms with Crippen molar-refractivity contribution in [3.05, 3.63) is 35.9 Å². The highest BCUT2D eigenvalue weighted by Gasteiger charge is 2.17. The van der Waals surface area contributed by atoms with Crippen molar-refractivity contribution in [2.45, 2.75) is 12.8 Å². The zero-order valence-corrected chi connectivity index (χ0v) is 10.0.